The fourth-order valence-electron chi connectivity index (χ4n) is 11.0. The van der Waals surface area contributed by atoms with Crippen molar-refractivity contribution in [2.75, 3.05) is 27.3 Å². The molecule has 1 spiro atoms. The van der Waals surface area contributed by atoms with Gasteiger partial charge in [0.15, 0.2) is 5.82 Å². The third-order valence-corrected chi connectivity index (χ3v) is 14.4. The first-order valence-corrected chi connectivity index (χ1v) is 23.4. The van der Waals surface area contributed by atoms with Crippen LogP contribution in [-0.2, 0) is 31.9 Å². The second-order valence-electron chi connectivity index (χ2n) is 19.3. The maximum Gasteiger partial charge on any atom is 0.407 e. The average Bonchev–Trinajstić information content (AvgIpc) is 4.17. The molecule has 1 unspecified atom stereocenters. The number of carbonyl (C=O) groups is 4. The van der Waals surface area contributed by atoms with Crippen LogP contribution in [0.1, 0.15) is 114 Å². The Morgan fingerprint density at radius 2 is 1.29 bits per heavy atom. The van der Waals surface area contributed by atoms with Crippen molar-refractivity contribution in [1.29, 1.82) is 0 Å². The number of hydrogen-bond donors (Lipinski definition) is 5. The number of amides is 4. The van der Waals surface area contributed by atoms with Crippen LogP contribution in [0.4, 0.5) is 9.59 Å². The van der Waals surface area contributed by atoms with Gasteiger partial charge in [-0.15, -0.1) is 0 Å². The predicted molar refractivity (Wildman–Crippen MR) is 247 cm³/mol. The van der Waals surface area contributed by atoms with Crippen molar-refractivity contribution in [3.8, 4) is 33.9 Å². The zero-order valence-electron chi connectivity index (χ0n) is 38.6. The number of alkyl carbamates (subject to hydrolysis) is 2. The van der Waals surface area contributed by atoms with E-state index in [9.17, 15) is 24.0 Å². The van der Waals surface area contributed by atoms with E-state index in [2.05, 4.69) is 37.7 Å². The van der Waals surface area contributed by atoms with Crippen LogP contribution in [0.15, 0.2) is 47.5 Å². The number of nitrogens with one attached hydrogen (secondary N) is 5. The van der Waals surface area contributed by atoms with Crippen molar-refractivity contribution in [2.45, 2.75) is 116 Å². The van der Waals surface area contributed by atoms with Crippen LogP contribution in [-0.4, -0.2) is 103 Å². The number of imidazole rings is 2. The normalized spacial score (nSPS) is 19.8. The number of aromatic amines is 3. The Kier molecular flexibility index (Phi) is 12.2. The number of carbonyl (C=O) groups excluding carboxylic acids is 4. The van der Waals surface area contributed by atoms with Gasteiger partial charge in [-0.1, -0.05) is 58.7 Å². The monoisotopic (exact) mass is 900 g/mol. The summed E-state index contributed by atoms with van der Waals surface area (Å²) >= 11 is 0. The molecule has 9 rings (SSSR count). The van der Waals surface area contributed by atoms with E-state index in [-0.39, 0.29) is 40.7 Å². The van der Waals surface area contributed by atoms with Crippen LogP contribution < -0.4 is 16.2 Å². The molecule has 3 aromatic heterocycles. The number of hydrogen-bond acceptors (Lipinski definition) is 10. The molecule has 4 amide bonds. The molecule has 0 radical (unpaired) electrons. The summed E-state index contributed by atoms with van der Waals surface area (Å²) < 4.78 is 9.58. The largest absolute Gasteiger partial charge is 0.453 e. The topological polar surface area (TPSA) is 220 Å². The van der Waals surface area contributed by atoms with Gasteiger partial charge in [0.25, 0.3) is 5.56 Å². The Morgan fingerprint density at radius 1 is 0.712 bits per heavy atom. The highest BCUT2D eigenvalue weighted by molar-refractivity contribution is 5.88. The Morgan fingerprint density at radius 3 is 1.89 bits per heavy atom. The van der Waals surface area contributed by atoms with Crippen molar-refractivity contribution in [3.63, 3.8) is 0 Å². The SMILES string of the molecule is COC(=O)N[C@H](C(=O)N1CCCC1c1ncc(-c2ncc(-c3ccc(-c4ccc5nc([C@@H]6CCCN6C(=O)[C@@H](NC(=O)OC)C(C)C)[nH]c(=O)c5c4)c4c3CC3(CCCC3)C4)[nH]2)[nH]1)C(C)C. The minimum absolute atomic E-state index is 0.132. The summed E-state index contributed by atoms with van der Waals surface area (Å²) in [7, 11) is 2.56. The van der Waals surface area contributed by atoms with Gasteiger partial charge in [0.1, 0.15) is 29.4 Å². The minimum atomic E-state index is -0.777. The lowest BCUT2D eigenvalue weighted by molar-refractivity contribution is -0.136. The molecule has 2 aliphatic carbocycles. The summed E-state index contributed by atoms with van der Waals surface area (Å²) in [6, 6.07) is 8.02. The lowest BCUT2D eigenvalue weighted by atomic mass is 9.82. The summed E-state index contributed by atoms with van der Waals surface area (Å²) in [6.45, 7) is 8.59. The number of ether oxygens (including phenoxy) is 2. The molecule has 66 heavy (non-hydrogen) atoms. The number of likely N-dealkylation sites (tertiary alicyclic amines) is 2. The smallest absolute Gasteiger partial charge is 0.407 e. The minimum Gasteiger partial charge on any atom is -0.453 e. The highest BCUT2D eigenvalue weighted by Crippen LogP contribution is 2.53. The van der Waals surface area contributed by atoms with E-state index < -0.39 is 30.3 Å². The van der Waals surface area contributed by atoms with Crippen molar-refractivity contribution >= 4 is 34.9 Å². The third-order valence-electron chi connectivity index (χ3n) is 14.4. The number of fused-ring (bicyclic) bond motifs is 2. The molecule has 4 atom stereocenters. The molecule has 2 aliphatic heterocycles. The summed E-state index contributed by atoms with van der Waals surface area (Å²) in [5.74, 6) is 1.04. The van der Waals surface area contributed by atoms with Gasteiger partial charge < -0.3 is 44.9 Å². The maximum atomic E-state index is 13.9. The number of benzene rings is 2. The molecular formula is C49H60N10O7. The maximum absolute atomic E-state index is 13.9. The Hall–Kier alpha value is -6.52. The zero-order valence-corrected chi connectivity index (χ0v) is 38.6. The summed E-state index contributed by atoms with van der Waals surface area (Å²) in [5, 5.41) is 5.87. The molecule has 5 heterocycles. The second-order valence-corrected chi connectivity index (χ2v) is 19.3. The van der Waals surface area contributed by atoms with Gasteiger partial charge in [-0.05, 0) is 103 Å². The van der Waals surface area contributed by atoms with Crippen LogP contribution in [0.3, 0.4) is 0 Å². The first-order chi connectivity index (χ1) is 31.8. The molecule has 2 saturated heterocycles. The summed E-state index contributed by atoms with van der Waals surface area (Å²) in [6.07, 6.45) is 11.9. The quantitative estimate of drug-likeness (QED) is 0.0904. The Bertz CT molecular complexity index is 2730. The standard InChI is InChI=1S/C49H60N10O7/c1-26(2)39(55-47(63)65-5)45(61)58-19-9-11-37(58)42-51-25-36(54-42)41-50-24-35(53-41)30-15-14-29(32-22-49(23-33(30)32)17-7-8-18-49)28-13-16-34-31(21-28)44(60)57-43(52-34)38-12-10-20-59(38)46(62)40(27(3)4)56-48(64)66-6/h13-16,21,24-27,37-40H,7-12,17-20,22-23H2,1-6H3,(H,50,53)(H,51,54)(H,55,63)(H,56,64)(H,52,57,60)/t37?,38-,39-,40-/m0/s1. The van der Waals surface area contributed by atoms with Crippen LogP contribution in [0, 0.1) is 17.3 Å². The van der Waals surface area contributed by atoms with E-state index in [1.165, 1.54) is 51.0 Å². The first kappa shape index (κ1) is 44.7. The van der Waals surface area contributed by atoms with Crippen LogP contribution in [0.5, 0.6) is 0 Å². The molecule has 1 saturated carbocycles. The Labute approximate surface area is 383 Å². The lowest BCUT2D eigenvalue weighted by Crippen LogP contribution is -2.51. The lowest BCUT2D eigenvalue weighted by Gasteiger charge is -2.30. The molecule has 3 fully saturated rings. The van der Waals surface area contributed by atoms with Crippen LogP contribution in [0.2, 0.25) is 0 Å². The van der Waals surface area contributed by atoms with Gasteiger partial charge in [-0.2, -0.15) is 0 Å². The highest BCUT2D eigenvalue weighted by Gasteiger charge is 2.43. The fourth-order valence-corrected chi connectivity index (χ4v) is 11.0. The van der Waals surface area contributed by atoms with Gasteiger partial charge in [0.05, 0.1) is 55.3 Å². The molecule has 2 aromatic carbocycles. The van der Waals surface area contributed by atoms with Crippen molar-refractivity contribution in [2.24, 2.45) is 17.3 Å². The number of methoxy groups -OCH3 is 2. The summed E-state index contributed by atoms with van der Waals surface area (Å²) in [4.78, 5) is 93.6. The molecule has 0 bridgehead atoms. The van der Waals surface area contributed by atoms with Crippen molar-refractivity contribution < 1.29 is 28.7 Å². The molecule has 17 nitrogen and oxygen atoms in total. The molecular weight excluding hydrogens is 841 g/mol. The first-order valence-electron chi connectivity index (χ1n) is 23.4. The van der Waals surface area contributed by atoms with Crippen molar-refractivity contribution in [1.82, 2.24) is 50.3 Å². The van der Waals surface area contributed by atoms with E-state index in [4.69, 9.17) is 24.4 Å². The van der Waals surface area contributed by atoms with Gasteiger partial charge in [-0.3, -0.25) is 14.4 Å². The number of aromatic nitrogens is 6. The van der Waals surface area contributed by atoms with Gasteiger partial charge in [-0.25, -0.2) is 24.5 Å². The Balaban J connectivity index is 0.985. The molecule has 5 N–H and O–H groups in total. The second kappa shape index (κ2) is 18.0. The van der Waals surface area contributed by atoms with E-state index in [0.717, 1.165) is 54.5 Å². The molecule has 4 aliphatic rings. The van der Waals surface area contributed by atoms with E-state index >= 15 is 0 Å². The average molecular weight is 901 g/mol. The summed E-state index contributed by atoms with van der Waals surface area (Å²) in [5.41, 5.74) is 7.83. The predicted octanol–water partition coefficient (Wildman–Crippen LogP) is 7.12. The van der Waals surface area contributed by atoms with Gasteiger partial charge in [0.2, 0.25) is 11.8 Å². The van der Waals surface area contributed by atoms with E-state index in [1.54, 1.807) is 16.0 Å². The van der Waals surface area contributed by atoms with E-state index in [0.29, 0.717) is 53.6 Å². The third kappa shape index (κ3) is 8.32. The number of rotatable bonds is 11. The highest BCUT2D eigenvalue weighted by atomic mass is 16.5. The molecule has 17 heteroatoms. The van der Waals surface area contributed by atoms with E-state index in [1.807, 2.05) is 52.1 Å². The van der Waals surface area contributed by atoms with Crippen LogP contribution >= 0.6 is 0 Å². The fraction of sp³-hybridized carbons (Fsp3) is 0.510. The molecule has 5 aromatic rings. The van der Waals surface area contributed by atoms with Gasteiger partial charge >= 0.3 is 12.2 Å². The molecule has 348 valence electrons. The van der Waals surface area contributed by atoms with Crippen LogP contribution in [0.25, 0.3) is 44.8 Å². The zero-order chi connectivity index (χ0) is 46.4. The number of H-pyrrole nitrogens is 3. The number of nitrogens with zero attached hydrogens (tertiary/aromatic N) is 5. The van der Waals surface area contributed by atoms with Crippen molar-refractivity contribution in [3.05, 3.63) is 75.9 Å². The van der Waals surface area contributed by atoms with Gasteiger partial charge in [0, 0.05) is 18.7 Å².